The van der Waals surface area contributed by atoms with E-state index in [4.69, 9.17) is 23.7 Å². The van der Waals surface area contributed by atoms with E-state index in [0.717, 1.165) is 0 Å². The quantitative estimate of drug-likeness (QED) is 0.276. The molecule has 0 saturated carbocycles. The number of rotatable bonds is 12. The number of aliphatic hydroxyl groups excluding tert-OH is 1. The molecule has 1 aliphatic carbocycles. The van der Waals surface area contributed by atoms with Crippen LogP contribution in [0.25, 0.3) is 0 Å². The molecule has 0 bridgehead atoms. The summed E-state index contributed by atoms with van der Waals surface area (Å²) in [5.41, 5.74) is -1.44. The summed E-state index contributed by atoms with van der Waals surface area (Å²) in [5.74, 6) is -4.41. The third kappa shape index (κ3) is 8.04. The minimum atomic E-state index is -2.10. The van der Waals surface area contributed by atoms with Crippen LogP contribution >= 0.6 is 0 Å². The molecule has 38 heavy (non-hydrogen) atoms. The van der Waals surface area contributed by atoms with Crippen molar-refractivity contribution in [2.45, 2.75) is 85.4 Å². The van der Waals surface area contributed by atoms with Gasteiger partial charge in [-0.1, -0.05) is 41.5 Å². The normalized spacial score (nSPS) is 25.2. The molecule has 0 aromatic rings. The molecular formula is C27H40O11. The zero-order chi connectivity index (χ0) is 28.8. The van der Waals surface area contributed by atoms with Crippen molar-refractivity contribution in [1.82, 2.24) is 0 Å². The van der Waals surface area contributed by atoms with Gasteiger partial charge in [0.15, 0.2) is 17.8 Å². The lowest BCUT2D eigenvalue weighted by atomic mass is 9.82. The van der Waals surface area contributed by atoms with Crippen molar-refractivity contribution < 1.29 is 53.1 Å². The second kappa shape index (κ2) is 13.2. The summed E-state index contributed by atoms with van der Waals surface area (Å²) in [6, 6.07) is 0. The van der Waals surface area contributed by atoms with Crippen molar-refractivity contribution >= 4 is 23.9 Å². The van der Waals surface area contributed by atoms with Crippen LogP contribution in [-0.2, 0) is 42.9 Å². The largest absolute Gasteiger partial charge is 0.462 e. The Balaban J connectivity index is 2.48. The Bertz CT molecular complexity index is 949. The van der Waals surface area contributed by atoms with Crippen molar-refractivity contribution in [2.75, 3.05) is 13.2 Å². The minimum Gasteiger partial charge on any atom is -0.462 e. The van der Waals surface area contributed by atoms with E-state index in [0.29, 0.717) is 11.1 Å². The predicted octanol–water partition coefficient (Wildman–Crippen LogP) is 2.18. The Labute approximate surface area is 223 Å². The van der Waals surface area contributed by atoms with Gasteiger partial charge < -0.3 is 33.9 Å². The number of carbonyl (C=O) groups excluding carboxylic acids is 4. The van der Waals surface area contributed by atoms with Gasteiger partial charge in [-0.15, -0.1) is 0 Å². The molecule has 11 heteroatoms. The van der Waals surface area contributed by atoms with Crippen molar-refractivity contribution in [3.63, 3.8) is 0 Å². The Morgan fingerprint density at radius 2 is 1.58 bits per heavy atom. The zero-order valence-corrected chi connectivity index (χ0v) is 23.1. The van der Waals surface area contributed by atoms with E-state index in [1.54, 1.807) is 13.8 Å². The summed E-state index contributed by atoms with van der Waals surface area (Å²) < 4.78 is 27.2. The molecule has 0 unspecified atom stereocenters. The molecule has 214 valence electrons. The van der Waals surface area contributed by atoms with Crippen LogP contribution in [0.15, 0.2) is 23.5 Å². The molecule has 0 saturated heterocycles. The highest BCUT2D eigenvalue weighted by Gasteiger charge is 2.59. The van der Waals surface area contributed by atoms with Gasteiger partial charge in [0, 0.05) is 25.3 Å². The number of aliphatic hydroxyl groups is 2. The van der Waals surface area contributed by atoms with Gasteiger partial charge in [-0.05, 0) is 29.4 Å². The average Bonchev–Trinajstić information content (AvgIpc) is 3.08. The van der Waals surface area contributed by atoms with Gasteiger partial charge in [-0.2, -0.15) is 0 Å². The number of hydrogen-bond acceptors (Lipinski definition) is 11. The standard InChI is InChI=1S/C27H40O11/c1-14(2)8-21(29)36-13-27(33)20(37-22(30)9-15(3)4)10-19-18(11-34-17(7)28)12-35-26(23(19)27)38-25(32)24(31)16(5)6/h10,12,14-16,20,23-24,26,31,33H,8-9,11,13H2,1-7H3/t20-,23-,24-,26+,27+/m1/s1. The Morgan fingerprint density at radius 1 is 0.974 bits per heavy atom. The maximum Gasteiger partial charge on any atom is 0.338 e. The van der Waals surface area contributed by atoms with E-state index < -0.39 is 66.4 Å². The van der Waals surface area contributed by atoms with Gasteiger partial charge in [-0.3, -0.25) is 14.4 Å². The number of esters is 4. The van der Waals surface area contributed by atoms with Gasteiger partial charge >= 0.3 is 23.9 Å². The van der Waals surface area contributed by atoms with Gasteiger partial charge in [0.1, 0.15) is 13.2 Å². The summed E-state index contributed by atoms with van der Waals surface area (Å²) in [5, 5.41) is 22.2. The van der Waals surface area contributed by atoms with Crippen LogP contribution < -0.4 is 0 Å². The zero-order valence-electron chi connectivity index (χ0n) is 23.1. The molecule has 0 aromatic heterocycles. The number of carbonyl (C=O) groups is 4. The van der Waals surface area contributed by atoms with E-state index >= 15 is 0 Å². The molecular weight excluding hydrogens is 500 g/mol. The lowest BCUT2D eigenvalue weighted by Gasteiger charge is -2.40. The van der Waals surface area contributed by atoms with E-state index in [1.807, 2.05) is 27.7 Å². The molecule has 0 fully saturated rings. The molecule has 2 aliphatic rings. The van der Waals surface area contributed by atoms with Gasteiger partial charge in [0.2, 0.25) is 0 Å². The third-order valence-corrected chi connectivity index (χ3v) is 6.09. The summed E-state index contributed by atoms with van der Waals surface area (Å²) in [6.07, 6.45) is -1.41. The highest BCUT2D eigenvalue weighted by Crippen LogP contribution is 2.47. The fourth-order valence-corrected chi connectivity index (χ4v) is 4.11. The molecule has 5 atom stereocenters. The van der Waals surface area contributed by atoms with Crippen LogP contribution in [0.1, 0.15) is 61.3 Å². The maximum atomic E-state index is 12.6. The fraction of sp³-hybridized carbons (Fsp3) is 0.704. The minimum absolute atomic E-state index is 0.00317. The van der Waals surface area contributed by atoms with Crippen LogP contribution in [0.5, 0.6) is 0 Å². The third-order valence-electron chi connectivity index (χ3n) is 6.09. The van der Waals surface area contributed by atoms with Gasteiger partial charge in [-0.25, -0.2) is 4.79 Å². The first-order valence-electron chi connectivity index (χ1n) is 12.8. The molecule has 0 amide bonds. The maximum absolute atomic E-state index is 12.6. The lowest BCUT2D eigenvalue weighted by Crippen LogP contribution is -2.56. The molecule has 0 radical (unpaired) electrons. The van der Waals surface area contributed by atoms with Gasteiger partial charge in [0.25, 0.3) is 6.29 Å². The molecule has 11 nitrogen and oxygen atoms in total. The topological polar surface area (TPSA) is 155 Å². The SMILES string of the molecule is CC(=O)OCC1=CO[C@@H](OC(=O)[C@H](O)C(C)C)[C@H]2C1=C[C@@H](OC(=O)CC(C)C)[C@@]2(O)COC(=O)CC(C)C. The van der Waals surface area contributed by atoms with Crippen molar-refractivity contribution in [2.24, 2.45) is 23.7 Å². The van der Waals surface area contributed by atoms with Crippen LogP contribution in [0, 0.1) is 23.7 Å². The van der Waals surface area contributed by atoms with E-state index in [-0.39, 0.29) is 31.3 Å². The second-order valence-electron chi connectivity index (χ2n) is 10.9. The summed E-state index contributed by atoms with van der Waals surface area (Å²) in [4.78, 5) is 49.0. The smallest absolute Gasteiger partial charge is 0.338 e. The van der Waals surface area contributed by atoms with Crippen molar-refractivity contribution in [1.29, 1.82) is 0 Å². The van der Waals surface area contributed by atoms with E-state index in [9.17, 15) is 29.4 Å². The van der Waals surface area contributed by atoms with E-state index in [2.05, 4.69) is 0 Å². The molecule has 2 rings (SSSR count). The Morgan fingerprint density at radius 3 is 2.13 bits per heavy atom. The first kappa shape index (κ1) is 31.3. The Kier molecular flexibility index (Phi) is 10.9. The Hall–Kier alpha value is -2.92. The number of hydrogen-bond donors (Lipinski definition) is 2. The van der Waals surface area contributed by atoms with Crippen LogP contribution in [-0.4, -0.2) is 71.4 Å². The summed E-state index contributed by atoms with van der Waals surface area (Å²) >= 11 is 0. The summed E-state index contributed by atoms with van der Waals surface area (Å²) in [7, 11) is 0. The van der Waals surface area contributed by atoms with Gasteiger partial charge in [0.05, 0.1) is 12.2 Å². The second-order valence-corrected chi connectivity index (χ2v) is 10.9. The molecule has 0 aromatic carbocycles. The van der Waals surface area contributed by atoms with Crippen molar-refractivity contribution in [3.05, 3.63) is 23.5 Å². The lowest BCUT2D eigenvalue weighted by molar-refractivity contribution is -0.222. The first-order chi connectivity index (χ1) is 17.6. The highest BCUT2D eigenvalue weighted by atomic mass is 16.7. The van der Waals surface area contributed by atoms with Crippen LogP contribution in [0.2, 0.25) is 0 Å². The van der Waals surface area contributed by atoms with E-state index in [1.165, 1.54) is 19.3 Å². The number of ether oxygens (including phenoxy) is 5. The molecule has 0 spiro atoms. The molecule has 1 aliphatic heterocycles. The summed E-state index contributed by atoms with van der Waals surface area (Å²) in [6.45, 7) is 11.0. The average molecular weight is 541 g/mol. The van der Waals surface area contributed by atoms with Crippen molar-refractivity contribution in [3.8, 4) is 0 Å². The predicted molar refractivity (Wildman–Crippen MR) is 133 cm³/mol. The molecule has 2 N–H and O–H groups in total. The monoisotopic (exact) mass is 540 g/mol. The fourth-order valence-electron chi connectivity index (χ4n) is 4.11. The van der Waals surface area contributed by atoms with Crippen LogP contribution in [0.3, 0.4) is 0 Å². The number of fused-ring (bicyclic) bond motifs is 1. The molecule has 1 heterocycles. The highest BCUT2D eigenvalue weighted by molar-refractivity contribution is 5.75. The first-order valence-corrected chi connectivity index (χ1v) is 12.8. The van der Waals surface area contributed by atoms with Crippen LogP contribution in [0.4, 0.5) is 0 Å².